The smallest absolute Gasteiger partial charge is 0.323 e. The molecule has 1 rings (SSSR count). The summed E-state index contributed by atoms with van der Waals surface area (Å²) in [6.45, 7) is 4.65. The lowest BCUT2D eigenvalue weighted by atomic mass is 10.0. The standard InChI is InChI=1S/C9H15NO2/c1-4-7-5-6-10(2)8(7)9(11)12-3/h4,7-8H,1,5-6H2,2-3H3/t7-,8+/m1/s1. The van der Waals surface area contributed by atoms with Crippen LogP contribution in [0.5, 0.6) is 0 Å². The molecule has 3 nitrogen and oxygen atoms in total. The second-order valence-corrected chi connectivity index (χ2v) is 3.14. The van der Waals surface area contributed by atoms with Gasteiger partial charge in [0, 0.05) is 5.92 Å². The van der Waals surface area contributed by atoms with Crippen LogP contribution >= 0.6 is 0 Å². The lowest BCUT2D eigenvalue weighted by Crippen LogP contribution is -2.37. The lowest BCUT2D eigenvalue weighted by Gasteiger charge is -2.19. The van der Waals surface area contributed by atoms with Crippen molar-refractivity contribution in [1.29, 1.82) is 0 Å². The number of ether oxygens (including phenoxy) is 1. The van der Waals surface area contributed by atoms with Crippen LogP contribution in [0.15, 0.2) is 12.7 Å². The molecule has 0 N–H and O–H groups in total. The van der Waals surface area contributed by atoms with Crippen LogP contribution in [-0.2, 0) is 9.53 Å². The van der Waals surface area contributed by atoms with E-state index in [0.29, 0.717) is 0 Å². The van der Waals surface area contributed by atoms with E-state index in [4.69, 9.17) is 4.74 Å². The van der Waals surface area contributed by atoms with Crippen molar-refractivity contribution in [2.45, 2.75) is 12.5 Å². The highest BCUT2D eigenvalue weighted by molar-refractivity contribution is 5.76. The third-order valence-electron chi connectivity index (χ3n) is 2.44. The summed E-state index contributed by atoms with van der Waals surface area (Å²) >= 11 is 0. The third kappa shape index (κ3) is 1.50. The van der Waals surface area contributed by atoms with Gasteiger partial charge in [-0.15, -0.1) is 6.58 Å². The molecule has 3 heteroatoms. The van der Waals surface area contributed by atoms with E-state index in [1.54, 1.807) is 0 Å². The minimum Gasteiger partial charge on any atom is -0.468 e. The van der Waals surface area contributed by atoms with Gasteiger partial charge in [-0.3, -0.25) is 9.69 Å². The Morgan fingerprint density at radius 3 is 2.92 bits per heavy atom. The SMILES string of the molecule is C=C[C@@H]1CCN(C)[C@@H]1C(=O)OC. The molecule has 1 aliphatic rings. The van der Waals surface area contributed by atoms with Crippen LogP contribution in [0, 0.1) is 5.92 Å². The van der Waals surface area contributed by atoms with E-state index in [2.05, 4.69) is 6.58 Å². The predicted molar refractivity (Wildman–Crippen MR) is 46.7 cm³/mol. The molecular weight excluding hydrogens is 154 g/mol. The molecule has 0 aliphatic carbocycles. The van der Waals surface area contributed by atoms with Crippen LogP contribution in [-0.4, -0.2) is 37.6 Å². The highest BCUT2D eigenvalue weighted by Gasteiger charge is 2.35. The van der Waals surface area contributed by atoms with Crippen LogP contribution in [0.4, 0.5) is 0 Å². The first-order valence-corrected chi connectivity index (χ1v) is 4.11. The number of carbonyl (C=O) groups excluding carboxylic acids is 1. The Kier molecular flexibility index (Phi) is 2.87. The first kappa shape index (κ1) is 9.26. The number of carbonyl (C=O) groups is 1. The maximum atomic E-state index is 11.3. The quantitative estimate of drug-likeness (QED) is 0.449. The van der Waals surface area contributed by atoms with Gasteiger partial charge in [-0.05, 0) is 20.0 Å². The average molecular weight is 169 g/mol. The fraction of sp³-hybridized carbons (Fsp3) is 0.667. The van der Waals surface area contributed by atoms with Gasteiger partial charge in [0.2, 0.25) is 0 Å². The summed E-state index contributed by atoms with van der Waals surface area (Å²) in [7, 11) is 3.36. The van der Waals surface area contributed by atoms with Crippen molar-refractivity contribution < 1.29 is 9.53 Å². The van der Waals surface area contributed by atoms with Gasteiger partial charge in [-0.1, -0.05) is 6.08 Å². The summed E-state index contributed by atoms with van der Waals surface area (Å²) in [5.41, 5.74) is 0. The normalized spacial score (nSPS) is 30.2. The van der Waals surface area contributed by atoms with Gasteiger partial charge in [-0.25, -0.2) is 0 Å². The first-order valence-electron chi connectivity index (χ1n) is 4.11. The highest BCUT2D eigenvalue weighted by Crippen LogP contribution is 2.24. The second-order valence-electron chi connectivity index (χ2n) is 3.14. The Balaban J connectivity index is 2.69. The van der Waals surface area contributed by atoms with E-state index in [0.717, 1.165) is 13.0 Å². The molecule has 0 aromatic carbocycles. The lowest BCUT2D eigenvalue weighted by molar-refractivity contribution is -0.146. The highest BCUT2D eigenvalue weighted by atomic mass is 16.5. The first-order chi connectivity index (χ1) is 5.70. The Morgan fingerprint density at radius 2 is 2.42 bits per heavy atom. The number of hydrogen-bond acceptors (Lipinski definition) is 3. The summed E-state index contributed by atoms with van der Waals surface area (Å²) < 4.78 is 4.71. The number of esters is 1. The Hall–Kier alpha value is -0.830. The fourth-order valence-corrected chi connectivity index (χ4v) is 1.70. The molecule has 0 unspecified atom stereocenters. The minimum absolute atomic E-state index is 0.118. The van der Waals surface area contributed by atoms with Crippen molar-refractivity contribution in [2.24, 2.45) is 5.92 Å². The van der Waals surface area contributed by atoms with Crippen LogP contribution in [0.2, 0.25) is 0 Å². The maximum Gasteiger partial charge on any atom is 0.323 e. The zero-order valence-electron chi connectivity index (χ0n) is 7.62. The Bertz CT molecular complexity index is 191. The number of nitrogens with zero attached hydrogens (tertiary/aromatic N) is 1. The van der Waals surface area contributed by atoms with E-state index in [9.17, 15) is 4.79 Å². The van der Waals surface area contributed by atoms with E-state index >= 15 is 0 Å². The number of rotatable bonds is 2. The van der Waals surface area contributed by atoms with Gasteiger partial charge in [0.25, 0.3) is 0 Å². The minimum atomic E-state index is -0.153. The molecule has 1 aliphatic heterocycles. The zero-order chi connectivity index (χ0) is 9.14. The molecule has 0 aromatic heterocycles. The largest absolute Gasteiger partial charge is 0.468 e. The maximum absolute atomic E-state index is 11.3. The van der Waals surface area contributed by atoms with Crippen molar-refractivity contribution >= 4 is 5.97 Å². The summed E-state index contributed by atoms with van der Waals surface area (Å²) in [6.07, 6.45) is 2.84. The molecule has 0 saturated carbocycles. The van der Waals surface area contributed by atoms with Crippen molar-refractivity contribution in [3.05, 3.63) is 12.7 Å². The van der Waals surface area contributed by atoms with Gasteiger partial charge in [0.15, 0.2) is 0 Å². The molecule has 1 heterocycles. The number of likely N-dealkylation sites (tertiary alicyclic amines) is 1. The molecule has 68 valence electrons. The van der Waals surface area contributed by atoms with Crippen LogP contribution in [0.25, 0.3) is 0 Å². The third-order valence-corrected chi connectivity index (χ3v) is 2.44. The van der Waals surface area contributed by atoms with Gasteiger partial charge in [0.1, 0.15) is 6.04 Å². The zero-order valence-corrected chi connectivity index (χ0v) is 7.62. The molecule has 12 heavy (non-hydrogen) atoms. The van der Waals surface area contributed by atoms with Crippen molar-refractivity contribution in [3.8, 4) is 0 Å². The van der Waals surface area contributed by atoms with Crippen LogP contribution in [0.3, 0.4) is 0 Å². The van der Waals surface area contributed by atoms with Gasteiger partial charge in [-0.2, -0.15) is 0 Å². The molecule has 0 spiro atoms. The number of hydrogen-bond donors (Lipinski definition) is 0. The van der Waals surface area contributed by atoms with Crippen molar-refractivity contribution in [2.75, 3.05) is 20.7 Å². The Morgan fingerprint density at radius 1 is 1.75 bits per heavy atom. The summed E-state index contributed by atoms with van der Waals surface area (Å²) in [5, 5.41) is 0. The monoisotopic (exact) mass is 169 g/mol. The topological polar surface area (TPSA) is 29.5 Å². The predicted octanol–water partition coefficient (Wildman–Crippen LogP) is 0.666. The van der Waals surface area contributed by atoms with E-state index in [-0.39, 0.29) is 17.9 Å². The summed E-state index contributed by atoms with van der Waals surface area (Å²) in [5.74, 6) is 0.0994. The molecule has 0 aromatic rings. The van der Waals surface area contributed by atoms with Gasteiger partial charge >= 0.3 is 5.97 Å². The Labute approximate surface area is 73.0 Å². The number of methoxy groups -OCH3 is 1. The van der Waals surface area contributed by atoms with E-state index in [1.807, 2.05) is 18.0 Å². The van der Waals surface area contributed by atoms with Gasteiger partial charge in [0.05, 0.1) is 7.11 Å². The number of likely N-dealkylation sites (N-methyl/N-ethyl adjacent to an activating group) is 1. The van der Waals surface area contributed by atoms with E-state index in [1.165, 1.54) is 7.11 Å². The van der Waals surface area contributed by atoms with Crippen LogP contribution < -0.4 is 0 Å². The molecule has 1 saturated heterocycles. The molecule has 0 amide bonds. The summed E-state index contributed by atoms with van der Waals surface area (Å²) in [4.78, 5) is 13.3. The van der Waals surface area contributed by atoms with Gasteiger partial charge < -0.3 is 4.74 Å². The van der Waals surface area contributed by atoms with Crippen molar-refractivity contribution in [1.82, 2.24) is 4.90 Å². The molecule has 0 bridgehead atoms. The average Bonchev–Trinajstić information content (AvgIpc) is 2.45. The summed E-state index contributed by atoms with van der Waals surface area (Å²) in [6, 6.07) is -0.118. The molecule has 2 atom stereocenters. The van der Waals surface area contributed by atoms with E-state index < -0.39 is 0 Å². The fourth-order valence-electron chi connectivity index (χ4n) is 1.70. The second kappa shape index (κ2) is 3.72. The van der Waals surface area contributed by atoms with Crippen LogP contribution in [0.1, 0.15) is 6.42 Å². The molecule has 1 fully saturated rings. The molecule has 0 radical (unpaired) electrons. The van der Waals surface area contributed by atoms with Crippen molar-refractivity contribution in [3.63, 3.8) is 0 Å². The molecular formula is C9H15NO2.